The molecule has 6 rings (SSSR count). The van der Waals surface area contributed by atoms with E-state index in [1.165, 1.54) is 101 Å². The van der Waals surface area contributed by atoms with Crippen LogP contribution >= 0.6 is 31.9 Å². The minimum Gasteiger partial charge on any atom is -0.0928 e. The van der Waals surface area contributed by atoms with Gasteiger partial charge in [-0.2, -0.15) is 0 Å². The van der Waals surface area contributed by atoms with Gasteiger partial charge in [-0.05, 0) is 97.6 Å². The minimum atomic E-state index is 1.14. The summed E-state index contributed by atoms with van der Waals surface area (Å²) in [6.45, 7) is 0. The first-order valence-corrected chi connectivity index (χ1v) is 14.4. The standard InChI is InChI=1S/C28H38Br2/c29-19-7-3-1-5-9-27-21-23-11-12-24-14-16-26(18-17-25(27)15-13-23)28(22-24)10-6-2-4-8-20-30/h13-16,21-22H,1-12,17-20H2. The SMILES string of the molecule is BrCCCCCCc1cc2ccc1CCc1ccc(cc1CCCCCCBr)CC2. The minimum absolute atomic E-state index is 1.14. The van der Waals surface area contributed by atoms with Gasteiger partial charge in [0, 0.05) is 10.7 Å². The molecule has 4 aliphatic rings. The second-order valence-corrected chi connectivity index (χ2v) is 10.5. The van der Waals surface area contributed by atoms with E-state index in [0.717, 1.165) is 10.7 Å². The molecule has 0 saturated heterocycles. The summed E-state index contributed by atoms with van der Waals surface area (Å²) < 4.78 is 0. The van der Waals surface area contributed by atoms with Crippen LogP contribution in [0.2, 0.25) is 0 Å². The van der Waals surface area contributed by atoms with Crippen molar-refractivity contribution in [3.8, 4) is 0 Å². The van der Waals surface area contributed by atoms with Gasteiger partial charge in [-0.1, -0.05) is 93.9 Å². The van der Waals surface area contributed by atoms with E-state index in [2.05, 4.69) is 68.3 Å². The number of hydrogen-bond donors (Lipinski definition) is 0. The highest BCUT2D eigenvalue weighted by Gasteiger charge is 2.11. The summed E-state index contributed by atoms with van der Waals surface area (Å²) in [5.41, 5.74) is 9.47. The fourth-order valence-corrected chi connectivity index (χ4v) is 5.50. The van der Waals surface area contributed by atoms with Crippen molar-refractivity contribution in [2.75, 3.05) is 10.7 Å². The predicted molar refractivity (Wildman–Crippen MR) is 140 cm³/mol. The third kappa shape index (κ3) is 7.83. The molecular weight excluding hydrogens is 496 g/mol. The molecule has 2 heteroatoms. The zero-order chi connectivity index (χ0) is 21.0. The lowest BCUT2D eigenvalue weighted by Crippen LogP contribution is -2.05. The van der Waals surface area contributed by atoms with Crippen molar-refractivity contribution >= 4 is 31.9 Å². The maximum absolute atomic E-state index is 3.56. The Labute approximate surface area is 201 Å². The summed E-state index contributed by atoms with van der Waals surface area (Å²) in [6, 6.07) is 14.7. The average Bonchev–Trinajstić information content (AvgIpc) is 2.76. The second-order valence-electron chi connectivity index (χ2n) is 8.91. The number of halogens is 2. The smallest absolute Gasteiger partial charge is 0.00313 e. The van der Waals surface area contributed by atoms with Gasteiger partial charge in [0.25, 0.3) is 0 Å². The molecule has 0 nitrogen and oxygen atoms in total. The number of aryl methyl sites for hydroxylation is 6. The zero-order valence-electron chi connectivity index (χ0n) is 18.5. The Hall–Kier alpha value is -0.600. The molecule has 2 aromatic rings. The third-order valence-corrected chi connectivity index (χ3v) is 7.69. The van der Waals surface area contributed by atoms with Gasteiger partial charge in [-0.15, -0.1) is 0 Å². The van der Waals surface area contributed by atoms with Crippen molar-refractivity contribution in [2.24, 2.45) is 0 Å². The molecule has 0 fully saturated rings. The predicted octanol–water partition coefficient (Wildman–Crippen LogP) is 8.57. The summed E-state index contributed by atoms with van der Waals surface area (Å²) in [4.78, 5) is 0. The zero-order valence-corrected chi connectivity index (χ0v) is 21.7. The van der Waals surface area contributed by atoms with Gasteiger partial charge < -0.3 is 0 Å². The molecule has 0 amide bonds. The van der Waals surface area contributed by atoms with Gasteiger partial charge in [-0.25, -0.2) is 0 Å². The lowest BCUT2D eigenvalue weighted by Gasteiger charge is -2.17. The monoisotopic (exact) mass is 532 g/mol. The van der Waals surface area contributed by atoms with Crippen LogP contribution in [0, 0.1) is 0 Å². The van der Waals surface area contributed by atoms with Crippen molar-refractivity contribution in [2.45, 2.75) is 89.9 Å². The highest BCUT2D eigenvalue weighted by Crippen LogP contribution is 2.24. The molecule has 0 atom stereocenters. The first-order valence-electron chi connectivity index (χ1n) is 12.1. The lowest BCUT2D eigenvalue weighted by atomic mass is 9.88. The molecule has 4 aliphatic carbocycles. The molecule has 0 saturated carbocycles. The van der Waals surface area contributed by atoms with Crippen LogP contribution in [0.3, 0.4) is 0 Å². The van der Waals surface area contributed by atoms with Gasteiger partial charge in [0.15, 0.2) is 0 Å². The number of benzene rings is 2. The largest absolute Gasteiger partial charge is 0.0928 e. The molecule has 0 heterocycles. The van der Waals surface area contributed by atoms with Crippen LogP contribution in [-0.4, -0.2) is 10.7 Å². The van der Waals surface area contributed by atoms with Gasteiger partial charge in [0.2, 0.25) is 0 Å². The quantitative estimate of drug-likeness (QED) is 0.189. The van der Waals surface area contributed by atoms with Gasteiger partial charge in [0.05, 0.1) is 0 Å². The van der Waals surface area contributed by atoms with E-state index >= 15 is 0 Å². The van der Waals surface area contributed by atoms with Crippen molar-refractivity contribution in [3.63, 3.8) is 0 Å². The Morgan fingerprint density at radius 3 is 1.37 bits per heavy atom. The Kier molecular flexibility index (Phi) is 11.0. The van der Waals surface area contributed by atoms with Crippen LogP contribution in [-0.2, 0) is 38.5 Å². The first kappa shape index (κ1) is 24.1. The van der Waals surface area contributed by atoms with Gasteiger partial charge in [-0.3, -0.25) is 0 Å². The van der Waals surface area contributed by atoms with E-state index in [9.17, 15) is 0 Å². The van der Waals surface area contributed by atoms with E-state index in [4.69, 9.17) is 0 Å². The van der Waals surface area contributed by atoms with Crippen LogP contribution in [0.4, 0.5) is 0 Å². The van der Waals surface area contributed by atoms with Crippen LogP contribution in [0.1, 0.15) is 84.7 Å². The molecular formula is C28H38Br2. The summed E-state index contributed by atoms with van der Waals surface area (Å²) >= 11 is 7.11. The third-order valence-electron chi connectivity index (χ3n) is 6.57. The van der Waals surface area contributed by atoms with E-state index in [0.29, 0.717) is 0 Å². The van der Waals surface area contributed by atoms with Crippen molar-refractivity contribution in [3.05, 3.63) is 69.8 Å². The van der Waals surface area contributed by atoms with E-state index < -0.39 is 0 Å². The van der Waals surface area contributed by atoms with E-state index in [-0.39, 0.29) is 0 Å². The van der Waals surface area contributed by atoms with Crippen LogP contribution in [0.15, 0.2) is 36.4 Å². The summed E-state index contributed by atoms with van der Waals surface area (Å²) in [6.07, 6.45) is 17.9. The van der Waals surface area contributed by atoms with Crippen LogP contribution in [0.25, 0.3) is 0 Å². The molecule has 0 aliphatic heterocycles. The highest BCUT2D eigenvalue weighted by molar-refractivity contribution is 9.09. The maximum Gasteiger partial charge on any atom is 0.00313 e. The van der Waals surface area contributed by atoms with Gasteiger partial charge in [0.1, 0.15) is 0 Å². The molecule has 4 bridgehead atoms. The Bertz CT molecular complexity index is 700. The summed E-state index contributed by atoms with van der Waals surface area (Å²) in [7, 11) is 0. The second kappa shape index (κ2) is 13.7. The number of unbranched alkanes of at least 4 members (excludes halogenated alkanes) is 6. The molecule has 2 aromatic carbocycles. The Morgan fingerprint density at radius 1 is 0.500 bits per heavy atom. The molecule has 0 spiro atoms. The number of alkyl halides is 2. The molecule has 0 aromatic heterocycles. The van der Waals surface area contributed by atoms with Crippen molar-refractivity contribution in [1.82, 2.24) is 0 Å². The van der Waals surface area contributed by atoms with E-state index in [1.54, 1.807) is 22.3 Å². The Morgan fingerprint density at radius 2 is 0.933 bits per heavy atom. The van der Waals surface area contributed by atoms with Crippen LogP contribution in [0.5, 0.6) is 0 Å². The van der Waals surface area contributed by atoms with Crippen LogP contribution < -0.4 is 0 Å². The molecule has 0 N–H and O–H groups in total. The normalized spacial score (nSPS) is 13.4. The van der Waals surface area contributed by atoms with Gasteiger partial charge >= 0.3 is 0 Å². The highest BCUT2D eigenvalue weighted by atomic mass is 79.9. The lowest BCUT2D eigenvalue weighted by molar-refractivity contribution is 0.665. The van der Waals surface area contributed by atoms with Crippen molar-refractivity contribution in [1.29, 1.82) is 0 Å². The fourth-order valence-electron chi connectivity index (χ4n) is 4.71. The molecule has 30 heavy (non-hydrogen) atoms. The fraction of sp³-hybridized carbons (Fsp3) is 0.571. The first-order chi connectivity index (χ1) is 14.8. The number of rotatable bonds is 12. The molecule has 164 valence electrons. The molecule has 0 unspecified atom stereocenters. The summed E-state index contributed by atoms with van der Waals surface area (Å²) in [5, 5.41) is 2.29. The molecule has 0 radical (unpaired) electrons. The summed E-state index contributed by atoms with van der Waals surface area (Å²) in [5.74, 6) is 0. The number of hydrogen-bond acceptors (Lipinski definition) is 0. The Balaban J connectivity index is 1.67. The topological polar surface area (TPSA) is 0 Å². The average molecular weight is 534 g/mol. The van der Waals surface area contributed by atoms with E-state index in [1.807, 2.05) is 0 Å². The van der Waals surface area contributed by atoms with Crippen molar-refractivity contribution < 1.29 is 0 Å². The maximum atomic E-state index is 3.56.